The number of aryl methyl sites for hydroxylation is 2. The van der Waals surface area contributed by atoms with Crippen molar-refractivity contribution in [2.45, 2.75) is 52.5 Å². The van der Waals surface area contributed by atoms with Crippen LogP contribution < -0.4 is 10.3 Å². The Bertz CT molecular complexity index is 1260. The van der Waals surface area contributed by atoms with E-state index in [0.717, 1.165) is 72.1 Å². The van der Waals surface area contributed by atoms with E-state index in [9.17, 15) is 4.79 Å². The first-order valence-electron chi connectivity index (χ1n) is 13.0. The number of fused-ring (bicyclic) bond motifs is 1. The fraction of sp³-hybridized carbons (Fsp3) is 0.552. The zero-order valence-corrected chi connectivity index (χ0v) is 22.4. The van der Waals surface area contributed by atoms with Crippen LogP contribution in [0.25, 0.3) is 21.2 Å². The molecule has 35 heavy (non-hydrogen) atoms. The second-order valence-electron chi connectivity index (χ2n) is 10.9. The molecule has 0 amide bonds. The number of piperidine rings is 1. The molecule has 0 bridgehead atoms. The largest absolute Gasteiger partial charge is 0.496 e. The minimum Gasteiger partial charge on any atom is -0.496 e. The van der Waals surface area contributed by atoms with Crippen LogP contribution in [0.1, 0.15) is 50.0 Å². The van der Waals surface area contributed by atoms with Gasteiger partial charge in [-0.25, -0.2) is 0 Å². The van der Waals surface area contributed by atoms with E-state index in [1.165, 1.54) is 36.1 Å². The average molecular weight is 495 g/mol. The van der Waals surface area contributed by atoms with Gasteiger partial charge in [-0.3, -0.25) is 9.69 Å². The predicted molar refractivity (Wildman–Crippen MR) is 145 cm³/mol. The summed E-state index contributed by atoms with van der Waals surface area (Å²) in [6, 6.07) is 8.52. The monoisotopic (exact) mass is 494 g/mol. The Balaban J connectivity index is 1.40. The van der Waals surface area contributed by atoms with E-state index >= 15 is 0 Å². The second kappa shape index (κ2) is 10.1. The average Bonchev–Trinajstić information content (AvgIpc) is 3.58. The van der Waals surface area contributed by atoms with Crippen molar-refractivity contribution in [3.8, 4) is 16.9 Å². The molecule has 6 heteroatoms. The van der Waals surface area contributed by atoms with Gasteiger partial charge in [0.25, 0.3) is 5.56 Å². The molecular formula is C29H38N2O3S. The smallest absolute Gasteiger partial charge is 0.259 e. The third kappa shape index (κ3) is 5.35. The van der Waals surface area contributed by atoms with Crippen LogP contribution in [0.15, 0.2) is 35.3 Å². The van der Waals surface area contributed by atoms with Gasteiger partial charge in [0.15, 0.2) is 0 Å². The molecule has 2 aromatic heterocycles. The van der Waals surface area contributed by atoms with Crippen molar-refractivity contribution in [3.63, 3.8) is 0 Å². The summed E-state index contributed by atoms with van der Waals surface area (Å²) in [6.07, 6.45) is 8.00. The summed E-state index contributed by atoms with van der Waals surface area (Å²) in [4.78, 5) is 16.8. The highest BCUT2D eigenvalue weighted by Gasteiger charge is 2.32. The summed E-state index contributed by atoms with van der Waals surface area (Å²) in [6.45, 7) is 9.34. The first-order valence-corrected chi connectivity index (χ1v) is 13.8. The van der Waals surface area contributed by atoms with Crippen molar-refractivity contribution >= 4 is 21.4 Å². The Kier molecular flexibility index (Phi) is 7.06. The number of ether oxygens (including phenoxy) is 2. The molecule has 3 heterocycles. The summed E-state index contributed by atoms with van der Waals surface area (Å²) in [5, 5.41) is 0.816. The standard InChI is InChI=1S/C29H38N2O3S/c1-5-21-9-10-22(13-26(21)33-4)25-16-30(3)28(32)24-14-23(35-27(24)25)15-31-12-6-11-29(2,18-31)19-34-17-20-7-8-20/h9-10,13-14,16,20H,5-8,11-12,15,17-19H2,1-4H3. The van der Waals surface area contributed by atoms with Crippen molar-refractivity contribution in [3.05, 3.63) is 51.3 Å². The Morgan fingerprint density at radius 3 is 2.80 bits per heavy atom. The zero-order chi connectivity index (χ0) is 24.6. The van der Waals surface area contributed by atoms with E-state index in [1.54, 1.807) is 23.0 Å². The fourth-order valence-electron chi connectivity index (χ4n) is 5.45. The summed E-state index contributed by atoms with van der Waals surface area (Å²) < 4.78 is 14.5. The number of thiophene rings is 1. The van der Waals surface area contributed by atoms with Gasteiger partial charge in [-0.15, -0.1) is 11.3 Å². The summed E-state index contributed by atoms with van der Waals surface area (Å²) in [5.41, 5.74) is 3.66. The van der Waals surface area contributed by atoms with E-state index < -0.39 is 0 Å². The lowest BCUT2D eigenvalue weighted by atomic mass is 9.82. The number of benzene rings is 1. The maximum Gasteiger partial charge on any atom is 0.259 e. The molecule has 1 atom stereocenters. The highest BCUT2D eigenvalue weighted by Crippen LogP contribution is 2.37. The third-order valence-corrected chi connectivity index (χ3v) is 8.77. The molecular weight excluding hydrogens is 456 g/mol. The summed E-state index contributed by atoms with van der Waals surface area (Å²) in [5.74, 6) is 1.71. The van der Waals surface area contributed by atoms with Crippen molar-refractivity contribution in [2.24, 2.45) is 18.4 Å². The number of rotatable bonds is 9. The molecule has 5 rings (SSSR count). The molecule has 2 fully saturated rings. The Morgan fingerprint density at radius 2 is 2.06 bits per heavy atom. The fourth-order valence-corrected chi connectivity index (χ4v) is 6.67. The van der Waals surface area contributed by atoms with Crippen LogP contribution in [0.2, 0.25) is 0 Å². The normalized spacial score (nSPS) is 21.0. The Labute approximate surface area is 212 Å². The number of methoxy groups -OCH3 is 1. The molecule has 188 valence electrons. The molecule has 1 saturated carbocycles. The molecule has 1 saturated heterocycles. The molecule has 0 N–H and O–H groups in total. The zero-order valence-electron chi connectivity index (χ0n) is 21.6. The van der Waals surface area contributed by atoms with Crippen LogP contribution in [0, 0.1) is 11.3 Å². The van der Waals surface area contributed by atoms with Crippen molar-refractivity contribution in [1.29, 1.82) is 0 Å². The lowest BCUT2D eigenvalue weighted by Gasteiger charge is -2.40. The van der Waals surface area contributed by atoms with Crippen LogP contribution in [0.4, 0.5) is 0 Å². The molecule has 1 aromatic carbocycles. The number of hydrogen-bond acceptors (Lipinski definition) is 5. The van der Waals surface area contributed by atoms with E-state index in [0.29, 0.717) is 0 Å². The van der Waals surface area contributed by atoms with Crippen LogP contribution in [-0.2, 0) is 24.8 Å². The van der Waals surface area contributed by atoms with Gasteiger partial charge < -0.3 is 14.0 Å². The van der Waals surface area contributed by atoms with Crippen molar-refractivity contribution in [2.75, 3.05) is 33.4 Å². The number of hydrogen-bond donors (Lipinski definition) is 0. The van der Waals surface area contributed by atoms with E-state index in [-0.39, 0.29) is 11.0 Å². The van der Waals surface area contributed by atoms with Crippen LogP contribution in [0.5, 0.6) is 5.75 Å². The molecule has 1 unspecified atom stereocenters. The van der Waals surface area contributed by atoms with Gasteiger partial charge in [0.05, 0.1) is 19.1 Å². The van der Waals surface area contributed by atoms with Gasteiger partial charge in [0, 0.05) is 53.5 Å². The van der Waals surface area contributed by atoms with Gasteiger partial charge in [-0.05, 0) is 67.8 Å². The van der Waals surface area contributed by atoms with E-state index in [4.69, 9.17) is 9.47 Å². The minimum atomic E-state index is 0.0698. The Hall–Kier alpha value is -2.15. The lowest BCUT2D eigenvalue weighted by Crippen LogP contribution is -2.43. The number of likely N-dealkylation sites (tertiary alicyclic amines) is 1. The van der Waals surface area contributed by atoms with E-state index in [2.05, 4.69) is 43.0 Å². The van der Waals surface area contributed by atoms with Gasteiger partial charge in [-0.1, -0.05) is 26.0 Å². The molecule has 0 spiro atoms. The first kappa shape index (κ1) is 24.5. The second-order valence-corrected chi connectivity index (χ2v) is 12.0. The van der Waals surface area contributed by atoms with Gasteiger partial charge in [0.2, 0.25) is 0 Å². The number of pyridine rings is 1. The SMILES string of the molecule is CCc1ccc(-c2cn(C)c(=O)c3cc(CN4CCCC(C)(COCC5CC5)C4)sc23)cc1OC. The van der Waals surface area contributed by atoms with Gasteiger partial charge in [0.1, 0.15) is 5.75 Å². The molecule has 1 aliphatic carbocycles. The first-order chi connectivity index (χ1) is 16.9. The predicted octanol–water partition coefficient (Wildman–Crippen LogP) is 5.87. The summed E-state index contributed by atoms with van der Waals surface area (Å²) >= 11 is 1.76. The van der Waals surface area contributed by atoms with Crippen LogP contribution >= 0.6 is 11.3 Å². The number of aromatic nitrogens is 1. The Morgan fingerprint density at radius 1 is 1.23 bits per heavy atom. The topological polar surface area (TPSA) is 43.7 Å². The maximum absolute atomic E-state index is 13.0. The molecule has 1 aliphatic heterocycles. The maximum atomic E-state index is 13.0. The third-order valence-electron chi connectivity index (χ3n) is 7.62. The molecule has 3 aromatic rings. The molecule has 5 nitrogen and oxygen atoms in total. The number of nitrogens with zero attached hydrogens (tertiary/aromatic N) is 2. The minimum absolute atomic E-state index is 0.0698. The molecule has 2 aliphatic rings. The van der Waals surface area contributed by atoms with Gasteiger partial charge in [-0.2, -0.15) is 0 Å². The van der Waals surface area contributed by atoms with Crippen molar-refractivity contribution in [1.82, 2.24) is 9.47 Å². The molecule has 0 radical (unpaired) electrons. The van der Waals surface area contributed by atoms with E-state index in [1.807, 2.05) is 13.2 Å². The highest BCUT2D eigenvalue weighted by molar-refractivity contribution is 7.19. The quantitative estimate of drug-likeness (QED) is 0.373. The van der Waals surface area contributed by atoms with Gasteiger partial charge >= 0.3 is 0 Å². The van der Waals surface area contributed by atoms with Crippen molar-refractivity contribution < 1.29 is 9.47 Å². The summed E-state index contributed by atoms with van der Waals surface area (Å²) in [7, 11) is 3.57. The highest BCUT2D eigenvalue weighted by atomic mass is 32.1. The van der Waals surface area contributed by atoms with Crippen LogP contribution in [-0.4, -0.2) is 42.9 Å². The lowest BCUT2D eigenvalue weighted by molar-refractivity contribution is -0.00192. The van der Waals surface area contributed by atoms with Crippen LogP contribution in [0.3, 0.4) is 0 Å².